The van der Waals surface area contributed by atoms with E-state index in [0.29, 0.717) is 10.9 Å². The Morgan fingerprint density at radius 2 is 1.94 bits per heavy atom. The zero-order valence-corrected chi connectivity index (χ0v) is 11.0. The fourth-order valence-electron chi connectivity index (χ4n) is 1.84. The third-order valence-electron chi connectivity index (χ3n) is 2.66. The molecule has 0 saturated heterocycles. The largest absolute Gasteiger partial charge is 0.480 e. The highest BCUT2D eigenvalue weighted by molar-refractivity contribution is 6.31. The number of aromatic nitrogens is 2. The first-order valence-electron chi connectivity index (χ1n) is 5.54. The molecule has 4 nitrogen and oxygen atoms in total. The molecule has 0 radical (unpaired) electrons. The maximum absolute atomic E-state index is 6.21. The standard InChI is InChI=1S/C13H14ClN3O/c1-15-11(9-5-3-4-6-10(9)14)12-13(18-2)17-8-7-16-12/h3-8,11,15H,1-2H3. The summed E-state index contributed by atoms with van der Waals surface area (Å²) in [5, 5.41) is 3.87. The van der Waals surface area contributed by atoms with Crippen molar-refractivity contribution in [3.63, 3.8) is 0 Å². The van der Waals surface area contributed by atoms with Crippen LogP contribution in [0.25, 0.3) is 0 Å². The van der Waals surface area contributed by atoms with Crippen LogP contribution < -0.4 is 10.1 Å². The van der Waals surface area contributed by atoms with Crippen LogP contribution in [0.1, 0.15) is 17.3 Å². The van der Waals surface area contributed by atoms with Crippen LogP contribution in [0.5, 0.6) is 5.88 Å². The molecule has 0 spiro atoms. The second-order valence-corrected chi connectivity index (χ2v) is 4.10. The Morgan fingerprint density at radius 1 is 1.22 bits per heavy atom. The van der Waals surface area contributed by atoms with Gasteiger partial charge in [0.2, 0.25) is 5.88 Å². The lowest BCUT2D eigenvalue weighted by molar-refractivity contribution is 0.384. The summed E-state index contributed by atoms with van der Waals surface area (Å²) < 4.78 is 5.23. The van der Waals surface area contributed by atoms with Gasteiger partial charge >= 0.3 is 0 Å². The Kier molecular flexibility index (Phi) is 4.12. The zero-order chi connectivity index (χ0) is 13.0. The zero-order valence-electron chi connectivity index (χ0n) is 10.2. The van der Waals surface area contributed by atoms with Crippen LogP contribution in [0.4, 0.5) is 0 Å². The van der Waals surface area contributed by atoms with E-state index in [0.717, 1.165) is 11.3 Å². The molecule has 1 unspecified atom stereocenters. The van der Waals surface area contributed by atoms with E-state index in [-0.39, 0.29) is 6.04 Å². The Balaban J connectivity index is 2.49. The van der Waals surface area contributed by atoms with Gasteiger partial charge in [-0.25, -0.2) is 4.98 Å². The van der Waals surface area contributed by atoms with E-state index in [1.54, 1.807) is 19.5 Å². The minimum absolute atomic E-state index is 0.151. The fourth-order valence-corrected chi connectivity index (χ4v) is 2.08. The van der Waals surface area contributed by atoms with E-state index in [4.69, 9.17) is 16.3 Å². The first-order valence-corrected chi connectivity index (χ1v) is 5.92. The average Bonchev–Trinajstić information content (AvgIpc) is 2.42. The van der Waals surface area contributed by atoms with Gasteiger partial charge in [-0.2, -0.15) is 0 Å². The fraction of sp³-hybridized carbons (Fsp3) is 0.231. The number of methoxy groups -OCH3 is 1. The molecule has 1 N–H and O–H groups in total. The highest BCUT2D eigenvalue weighted by atomic mass is 35.5. The molecule has 0 bridgehead atoms. The maximum Gasteiger partial charge on any atom is 0.237 e. The van der Waals surface area contributed by atoms with Gasteiger partial charge in [-0.05, 0) is 18.7 Å². The number of halogens is 1. The SMILES string of the molecule is CNC(c1ccccc1Cl)c1nccnc1OC. The maximum atomic E-state index is 6.21. The quantitative estimate of drug-likeness (QED) is 0.920. The average molecular weight is 264 g/mol. The monoisotopic (exact) mass is 263 g/mol. The molecule has 2 aromatic rings. The topological polar surface area (TPSA) is 47.0 Å². The van der Waals surface area contributed by atoms with Gasteiger partial charge in [0.15, 0.2) is 0 Å². The summed E-state index contributed by atoms with van der Waals surface area (Å²) in [7, 11) is 3.43. The van der Waals surface area contributed by atoms with Crippen LogP contribution in [0, 0.1) is 0 Å². The van der Waals surface area contributed by atoms with Gasteiger partial charge in [0.25, 0.3) is 0 Å². The van der Waals surface area contributed by atoms with Gasteiger partial charge in [-0.15, -0.1) is 0 Å². The summed E-state index contributed by atoms with van der Waals surface area (Å²) in [5.41, 5.74) is 1.66. The van der Waals surface area contributed by atoms with Crippen molar-refractivity contribution in [3.05, 3.63) is 52.9 Å². The van der Waals surface area contributed by atoms with Crippen molar-refractivity contribution in [3.8, 4) is 5.88 Å². The molecule has 0 aliphatic heterocycles. The predicted octanol–water partition coefficient (Wildman–Crippen LogP) is 2.45. The molecule has 0 saturated carbocycles. The van der Waals surface area contributed by atoms with E-state index in [9.17, 15) is 0 Å². The lowest BCUT2D eigenvalue weighted by Gasteiger charge is -2.18. The highest BCUT2D eigenvalue weighted by Crippen LogP contribution is 2.30. The van der Waals surface area contributed by atoms with Gasteiger partial charge < -0.3 is 10.1 Å². The normalized spacial score (nSPS) is 12.2. The number of benzene rings is 1. The van der Waals surface area contributed by atoms with Crippen LogP contribution in [0.15, 0.2) is 36.7 Å². The Labute approximate surface area is 111 Å². The van der Waals surface area contributed by atoms with Crippen LogP contribution >= 0.6 is 11.6 Å². The van der Waals surface area contributed by atoms with Crippen LogP contribution in [0.2, 0.25) is 5.02 Å². The second kappa shape index (κ2) is 5.80. The van der Waals surface area contributed by atoms with Gasteiger partial charge in [-0.1, -0.05) is 29.8 Å². The highest BCUT2D eigenvalue weighted by Gasteiger charge is 2.20. The molecule has 94 valence electrons. The molecule has 0 fully saturated rings. The first-order chi connectivity index (χ1) is 8.77. The molecular weight excluding hydrogens is 250 g/mol. The van der Waals surface area contributed by atoms with Crippen molar-refractivity contribution in [2.45, 2.75) is 6.04 Å². The molecule has 1 aromatic heterocycles. The molecule has 2 rings (SSSR count). The first kappa shape index (κ1) is 12.8. The van der Waals surface area contributed by atoms with Gasteiger partial charge in [0.05, 0.1) is 13.2 Å². The van der Waals surface area contributed by atoms with Crippen molar-refractivity contribution in [2.75, 3.05) is 14.2 Å². The Morgan fingerprint density at radius 3 is 2.61 bits per heavy atom. The summed E-state index contributed by atoms with van der Waals surface area (Å²) in [5.74, 6) is 0.497. The molecule has 1 aromatic carbocycles. The van der Waals surface area contributed by atoms with E-state index in [1.165, 1.54) is 0 Å². The third-order valence-corrected chi connectivity index (χ3v) is 3.01. The Hall–Kier alpha value is -1.65. The minimum atomic E-state index is -0.151. The van der Waals surface area contributed by atoms with Crippen molar-refractivity contribution in [1.82, 2.24) is 15.3 Å². The van der Waals surface area contributed by atoms with E-state index < -0.39 is 0 Å². The number of ether oxygens (including phenoxy) is 1. The molecular formula is C13H14ClN3O. The minimum Gasteiger partial charge on any atom is -0.480 e. The Bertz CT molecular complexity index is 533. The van der Waals surface area contributed by atoms with Crippen molar-refractivity contribution < 1.29 is 4.74 Å². The van der Waals surface area contributed by atoms with Gasteiger partial charge in [0, 0.05) is 17.4 Å². The van der Waals surface area contributed by atoms with Crippen molar-refractivity contribution in [2.24, 2.45) is 0 Å². The molecule has 5 heteroatoms. The van der Waals surface area contributed by atoms with Gasteiger partial charge in [0.1, 0.15) is 5.69 Å². The van der Waals surface area contributed by atoms with Crippen molar-refractivity contribution in [1.29, 1.82) is 0 Å². The number of hydrogen-bond acceptors (Lipinski definition) is 4. The predicted molar refractivity (Wildman–Crippen MR) is 70.9 cm³/mol. The third kappa shape index (κ3) is 2.44. The molecule has 0 aliphatic rings. The summed E-state index contributed by atoms with van der Waals surface area (Å²) >= 11 is 6.21. The summed E-state index contributed by atoms with van der Waals surface area (Å²) in [6, 6.07) is 7.49. The number of hydrogen-bond donors (Lipinski definition) is 1. The molecule has 18 heavy (non-hydrogen) atoms. The summed E-state index contributed by atoms with van der Waals surface area (Å²) in [6.07, 6.45) is 3.24. The van der Waals surface area contributed by atoms with Crippen LogP contribution in [-0.2, 0) is 0 Å². The molecule has 0 amide bonds. The molecule has 0 aliphatic carbocycles. The summed E-state index contributed by atoms with van der Waals surface area (Å²) in [4.78, 5) is 8.48. The second-order valence-electron chi connectivity index (χ2n) is 3.69. The van der Waals surface area contributed by atoms with Crippen LogP contribution in [0.3, 0.4) is 0 Å². The number of nitrogens with one attached hydrogen (secondary N) is 1. The van der Waals surface area contributed by atoms with E-state index >= 15 is 0 Å². The lowest BCUT2D eigenvalue weighted by Crippen LogP contribution is -2.20. The lowest BCUT2D eigenvalue weighted by atomic mass is 10.0. The number of rotatable bonds is 4. The van der Waals surface area contributed by atoms with Gasteiger partial charge in [-0.3, -0.25) is 4.98 Å². The molecule has 1 atom stereocenters. The molecule has 1 heterocycles. The van der Waals surface area contributed by atoms with Crippen molar-refractivity contribution >= 4 is 11.6 Å². The smallest absolute Gasteiger partial charge is 0.237 e. The van der Waals surface area contributed by atoms with E-state index in [2.05, 4.69) is 15.3 Å². The van der Waals surface area contributed by atoms with E-state index in [1.807, 2.05) is 31.3 Å². The van der Waals surface area contributed by atoms with Crippen LogP contribution in [-0.4, -0.2) is 24.1 Å². The number of nitrogens with zero attached hydrogens (tertiary/aromatic N) is 2. The summed E-state index contributed by atoms with van der Waals surface area (Å²) in [6.45, 7) is 0.